The van der Waals surface area contributed by atoms with Gasteiger partial charge in [-0.05, 0) is 81.0 Å². The normalized spacial score (nSPS) is 21.9. The van der Waals surface area contributed by atoms with E-state index in [4.69, 9.17) is 9.47 Å². The van der Waals surface area contributed by atoms with E-state index in [1.807, 2.05) is 6.07 Å². The average molecular weight is 540 g/mol. The molecular formula is C26H30FN7O5. The van der Waals surface area contributed by atoms with Gasteiger partial charge in [-0.25, -0.2) is 19.2 Å². The van der Waals surface area contributed by atoms with Crippen LogP contribution in [0.4, 0.5) is 26.5 Å². The van der Waals surface area contributed by atoms with Crippen molar-refractivity contribution in [1.82, 2.24) is 20.2 Å². The molecule has 206 valence electrons. The molecule has 2 atom stereocenters. The highest BCUT2D eigenvalue weighted by Crippen LogP contribution is 2.32. The second-order valence-electron chi connectivity index (χ2n) is 10.4. The molecule has 3 N–H and O–H groups in total. The Morgan fingerprint density at radius 2 is 2.10 bits per heavy atom. The van der Waals surface area contributed by atoms with Gasteiger partial charge >= 0.3 is 6.09 Å². The van der Waals surface area contributed by atoms with E-state index >= 15 is 0 Å². The molecular weight excluding hydrogens is 509 g/mol. The van der Waals surface area contributed by atoms with Crippen molar-refractivity contribution >= 4 is 35.2 Å². The molecule has 6 rings (SSSR count). The van der Waals surface area contributed by atoms with E-state index in [9.17, 15) is 18.8 Å². The van der Waals surface area contributed by atoms with Crippen molar-refractivity contribution in [2.75, 3.05) is 61.4 Å². The first-order valence-corrected chi connectivity index (χ1v) is 13.2. The Hall–Kier alpha value is -3.84. The lowest BCUT2D eigenvalue weighted by Gasteiger charge is -2.29. The van der Waals surface area contributed by atoms with Crippen LogP contribution in [-0.2, 0) is 27.2 Å². The third-order valence-corrected chi connectivity index (χ3v) is 7.44. The van der Waals surface area contributed by atoms with Crippen LogP contribution in [-0.4, -0.2) is 84.8 Å². The third kappa shape index (κ3) is 5.64. The summed E-state index contributed by atoms with van der Waals surface area (Å²) in [5, 5.41) is 8.82. The van der Waals surface area contributed by atoms with Crippen molar-refractivity contribution in [2.24, 2.45) is 5.92 Å². The van der Waals surface area contributed by atoms with Crippen molar-refractivity contribution in [3.8, 4) is 5.88 Å². The summed E-state index contributed by atoms with van der Waals surface area (Å²) in [6.07, 6.45) is 3.65. The summed E-state index contributed by atoms with van der Waals surface area (Å²) in [6, 6.07) is 3.30. The van der Waals surface area contributed by atoms with E-state index in [0.29, 0.717) is 44.7 Å². The summed E-state index contributed by atoms with van der Waals surface area (Å²) in [6.45, 7) is 3.72. The molecule has 0 bridgehead atoms. The lowest BCUT2D eigenvalue weighted by Crippen LogP contribution is -2.42. The predicted molar refractivity (Wildman–Crippen MR) is 138 cm³/mol. The van der Waals surface area contributed by atoms with Crippen LogP contribution in [0.15, 0.2) is 18.3 Å². The lowest BCUT2D eigenvalue weighted by atomic mass is 10.1. The Morgan fingerprint density at radius 1 is 1.23 bits per heavy atom. The number of likely N-dealkylation sites (tertiary alicyclic amines) is 1. The average Bonchev–Trinajstić information content (AvgIpc) is 3.47. The summed E-state index contributed by atoms with van der Waals surface area (Å²) < 4.78 is 25.5. The van der Waals surface area contributed by atoms with Gasteiger partial charge in [0.15, 0.2) is 18.2 Å². The maximum absolute atomic E-state index is 14.8. The Labute approximate surface area is 224 Å². The summed E-state index contributed by atoms with van der Waals surface area (Å²) >= 11 is 0. The van der Waals surface area contributed by atoms with Crippen LogP contribution in [0, 0.1) is 11.7 Å². The molecule has 4 aliphatic rings. The molecule has 2 fully saturated rings. The fourth-order valence-electron chi connectivity index (χ4n) is 5.35. The van der Waals surface area contributed by atoms with Crippen LogP contribution < -0.4 is 25.6 Å². The zero-order valence-electron chi connectivity index (χ0n) is 21.4. The molecule has 0 radical (unpaired) electrons. The fraction of sp³-hybridized carbons (Fsp3) is 0.500. The van der Waals surface area contributed by atoms with Crippen molar-refractivity contribution in [1.29, 1.82) is 0 Å². The number of cyclic esters (lactones) is 1. The van der Waals surface area contributed by atoms with Gasteiger partial charge in [-0.15, -0.1) is 0 Å². The molecule has 2 aromatic rings. The topological polar surface area (TPSA) is 138 Å². The number of hydrogen-bond acceptors (Lipinski definition) is 9. The van der Waals surface area contributed by atoms with E-state index in [2.05, 4.69) is 30.8 Å². The SMILES string of the molecule is O=C(CN1CCC1)Nc1cc(F)c2c(c1)CC(CNCCC1CN(c3cnc4c(n3)NC(=O)CO4)C(=O)O1)C2. The Kier molecular flexibility index (Phi) is 7.00. The second kappa shape index (κ2) is 10.7. The number of nitrogens with zero attached hydrogens (tertiary/aromatic N) is 4. The maximum atomic E-state index is 14.8. The van der Waals surface area contributed by atoms with E-state index in [-0.39, 0.29) is 53.8 Å². The molecule has 1 aromatic carbocycles. The number of nitrogens with one attached hydrogen (secondary N) is 3. The van der Waals surface area contributed by atoms with Gasteiger partial charge in [0, 0.05) is 5.69 Å². The molecule has 12 nitrogen and oxygen atoms in total. The Bertz CT molecular complexity index is 1300. The number of carbonyl (C=O) groups excluding carboxylic acids is 3. The zero-order chi connectivity index (χ0) is 26.9. The molecule has 1 aromatic heterocycles. The summed E-state index contributed by atoms with van der Waals surface area (Å²) in [7, 11) is 0. The van der Waals surface area contributed by atoms with Gasteiger partial charge in [0.2, 0.25) is 5.91 Å². The van der Waals surface area contributed by atoms with E-state index < -0.39 is 6.09 Å². The number of ether oxygens (including phenoxy) is 2. The van der Waals surface area contributed by atoms with Gasteiger partial charge in [-0.3, -0.25) is 19.4 Å². The number of fused-ring (bicyclic) bond motifs is 2. The smallest absolute Gasteiger partial charge is 0.415 e. The summed E-state index contributed by atoms with van der Waals surface area (Å²) in [4.78, 5) is 48.0. The minimum absolute atomic E-state index is 0.115. The van der Waals surface area contributed by atoms with Gasteiger partial charge in [0.05, 0.1) is 19.3 Å². The van der Waals surface area contributed by atoms with Gasteiger partial charge in [0.1, 0.15) is 11.9 Å². The van der Waals surface area contributed by atoms with E-state index in [1.54, 1.807) is 0 Å². The van der Waals surface area contributed by atoms with Crippen LogP contribution in [0.1, 0.15) is 24.0 Å². The van der Waals surface area contributed by atoms with Crippen molar-refractivity contribution in [2.45, 2.75) is 31.8 Å². The largest absolute Gasteiger partial charge is 0.465 e. The van der Waals surface area contributed by atoms with Gasteiger partial charge in [-0.2, -0.15) is 0 Å². The molecule has 1 aliphatic carbocycles. The highest BCUT2D eigenvalue weighted by molar-refractivity contribution is 5.95. The molecule has 4 heterocycles. The minimum Gasteiger partial charge on any atom is -0.465 e. The van der Waals surface area contributed by atoms with Crippen molar-refractivity contribution < 1.29 is 28.2 Å². The molecule has 3 aliphatic heterocycles. The van der Waals surface area contributed by atoms with Crippen LogP contribution in [0.3, 0.4) is 0 Å². The molecule has 39 heavy (non-hydrogen) atoms. The first kappa shape index (κ1) is 25.4. The number of carbonyl (C=O) groups is 3. The molecule has 0 saturated carbocycles. The van der Waals surface area contributed by atoms with Crippen molar-refractivity contribution in [3.63, 3.8) is 0 Å². The Balaban J connectivity index is 0.955. The number of hydrogen-bond donors (Lipinski definition) is 3. The zero-order valence-corrected chi connectivity index (χ0v) is 21.4. The Morgan fingerprint density at radius 3 is 2.92 bits per heavy atom. The minimum atomic E-state index is -0.521. The predicted octanol–water partition coefficient (Wildman–Crippen LogP) is 1.31. The molecule has 0 spiro atoms. The van der Waals surface area contributed by atoms with Crippen LogP contribution in [0.2, 0.25) is 0 Å². The molecule has 2 unspecified atom stereocenters. The highest BCUT2D eigenvalue weighted by atomic mass is 19.1. The van der Waals surface area contributed by atoms with Gasteiger partial charge in [0.25, 0.3) is 11.8 Å². The lowest BCUT2D eigenvalue weighted by molar-refractivity contribution is -0.119. The number of aromatic nitrogens is 2. The number of halogens is 1. The molecule has 3 amide bonds. The fourth-order valence-corrected chi connectivity index (χ4v) is 5.35. The number of benzene rings is 1. The standard InChI is InChI=1S/C26H30FN7O5/c27-20-9-17(30-22(35)13-33-4-1-5-33)8-16-6-15(7-19(16)20)10-28-3-2-18-12-34(26(37)39-18)21-11-29-25-24(31-21)32-23(36)14-38-25/h8-9,11,15,18,28H,1-7,10,12-14H2,(H,30,35)(H,31,32,36). The summed E-state index contributed by atoms with van der Waals surface area (Å²) in [5.41, 5.74) is 2.17. The monoisotopic (exact) mass is 539 g/mol. The van der Waals surface area contributed by atoms with Crippen LogP contribution in [0.25, 0.3) is 0 Å². The van der Waals surface area contributed by atoms with Crippen LogP contribution in [0.5, 0.6) is 5.88 Å². The number of anilines is 3. The maximum Gasteiger partial charge on any atom is 0.415 e. The third-order valence-electron chi connectivity index (χ3n) is 7.44. The highest BCUT2D eigenvalue weighted by Gasteiger charge is 2.34. The molecule has 2 saturated heterocycles. The van der Waals surface area contributed by atoms with E-state index in [0.717, 1.165) is 37.1 Å². The summed E-state index contributed by atoms with van der Waals surface area (Å²) in [5.74, 6) is 0.189. The van der Waals surface area contributed by atoms with Crippen LogP contribution >= 0.6 is 0 Å². The first-order chi connectivity index (χ1) is 18.9. The number of rotatable bonds is 9. The van der Waals surface area contributed by atoms with Gasteiger partial charge in [-0.1, -0.05) is 0 Å². The first-order valence-electron chi connectivity index (χ1n) is 13.2. The number of amides is 3. The van der Waals surface area contributed by atoms with Gasteiger partial charge < -0.3 is 25.4 Å². The molecule has 13 heteroatoms. The quantitative estimate of drug-likeness (QED) is 0.403. The van der Waals surface area contributed by atoms with E-state index in [1.165, 1.54) is 17.2 Å². The second-order valence-corrected chi connectivity index (χ2v) is 10.4. The van der Waals surface area contributed by atoms with Crippen molar-refractivity contribution in [3.05, 3.63) is 35.3 Å².